The summed E-state index contributed by atoms with van der Waals surface area (Å²) in [5.74, 6) is -4.06. The summed E-state index contributed by atoms with van der Waals surface area (Å²) in [5, 5.41) is -9.17. The first-order chi connectivity index (χ1) is 39.1. The Bertz CT molecular complexity index is 2340. The van der Waals surface area contributed by atoms with Crippen molar-refractivity contribution >= 4 is 97.6 Å². The van der Waals surface area contributed by atoms with E-state index in [2.05, 4.69) is 71.3 Å². The molecule has 36 heteroatoms. The Labute approximate surface area is 603 Å². The van der Waals surface area contributed by atoms with Gasteiger partial charge in [0.25, 0.3) is 0 Å². The lowest BCUT2D eigenvalue weighted by molar-refractivity contribution is -0.150. The van der Waals surface area contributed by atoms with Gasteiger partial charge in [0.05, 0.1) is 31.7 Å². The average Bonchev–Trinajstić information content (AvgIpc) is 0.859. The van der Waals surface area contributed by atoms with Crippen LogP contribution in [-0.2, 0) is 96.3 Å². The predicted molar refractivity (Wildman–Crippen MR) is 401 cm³/mol. The van der Waals surface area contributed by atoms with Crippen LogP contribution in [0, 0.1) is 29.7 Å². The SMILES string of the molecule is C.C.C.C.C.C.C.C.CO[Si](C)(C)CCCCCC(=O)OCC(F)(F)S(=O)(=O)[O-].CO[Si](C)(C)CCCCCCC(=O)OCCS(=O)(=O)[O-].CO[Si](C)(C)CCCCCCCC(=O)OCC(F)(F)S(=O)(=O)[O-].CO[Si](C)(C)CCCCCCCCC(=O)OCCS(=O)(=O)[O-].[CH3+].[CH3+].[CH3+].[CH3+]. The van der Waals surface area contributed by atoms with Crippen molar-refractivity contribution in [3.63, 3.8) is 0 Å². The summed E-state index contributed by atoms with van der Waals surface area (Å²) in [7, 11) is -19.4. The minimum atomic E-state index is -5.82. The van der Waals surface area contributed by atoms with Crippen LogP contribution in [-0.4, -0.2) is 186 Å². The summed E-state index contributed by atoms with van der Waals surface area (Å²) in [5.41, 5.74) is 0. The monoisotopic (exact) mass is 1590 g/mol. The van der Waals surface area contributed by atoms with Crippen LogP contribution in [0.25, 0.3) is 0 Å². The summed E-state index contributed by atoms with van der Waals surface area (Å²) in [6.07, 6.45) is 16.7. The maximum absolute atomic E-state index is 12.8. The maximum atomic E-state index is 12.8. The summed E-state index contributed by atoms with van der Waals surface area (Å²) in [6.45, 7) is 13.0. The van der Waals surface area contributed by atoms with Gasteiger partial charge < -0.3 is 54.9 Å². The number of unbranched alkanes of at least 4 members (excludes halogenated alkanes) is 14. The van der Waals surface area contributed by atoms with E-state index in [1.807, 2.05) is 0 Å². The fourth-order valence-corrected chi connectivity index (χ4v) is 12.9. The van der Waals surface area contributed by atoms with Gasteiger partial charge in [-0.2, -0.15) is 17.6 Å². The normalized spacial score (nSPS) is 11.2. The van der Waals surface area contributed by atoms with E-state index < -0.39 is 133 Å². The highest BCUT2D eigenvalue weighted by Crippen LogP contribution is 2.24. The molecule has 0 aliphatic heterocycles. The van der Waals surface area contributed by atoms with E-state index in [-0.39, 0.29) is 128 Å². The molecule has 0 aromatic heterocycles. The van der Waals surface area contributed by atoms with Crippen LogP contribution < -0.4 is 0 Å². The molecule has 0 aliphatic carbocycles. The molecule has 98 heavy (non-hydrogen) atoms. The molecule has 0 atom stereocenters. The highest BCUT2D eigenvalue weighted by Gasteiger charge is 2.40. The van der Waals surface area contributed by atoms with Crippen LogP contribution in [0.4, 0.5) is 17.6 Å². The second-order valence-electron chi connectivity index (χ2n) is 22.7. The molecule has 0 heterocycles. The zero-order valence-corrected chi connectivity index (χ0v) is 63.8. The van der Waals surface area contributed by atoms with Gasteiger partial charge in [0, 0.05) is 83.8 Å². The average molecular weight is 1590 g/mol. The minimum Gasteiger partial charge on any atom is -0.748 e. The molecule has 604 valence electrons. The molecule has 0 fully saturated rings. The number of alkyl halides is 4. The van der Waals surface area contributed by atoms with E-state index in [1.165, 1.54) is 18.9 Å². The van der Waals surface area contributed by atoms with Gasteiger partial charge in [-0.05, 0) is 102 Å². The third-order valence-corrected chi connectivity index (χ3v) is 26.8. The number of halogens is 4. The molecule has 0 rings (SSSR count). The second-order valence-corrected chi connectivity index (χ2v) is 46.5. The molecular weight excluding hydrogens is 1450 g/mol. The van der Waals surface area contributed by atoms with Crippen molar-refractivity contribution in [1.82, 2.24) is 0 Å². The van der Waals surface area contributed by atoms with Crippen molar-refractivity contribution in [3.8, 4) is 0 Å². The van der Waals surface area contributed by atoms with Crippen molar-refractivity contribution in [2.45, 2.75) is 288 Å². The van der Waals surface area contributed by atoms with Crippen LogP contribution in [0.15, 0.2) is 0 Å². The third-order valence-electron chi connectivity index (χ3n) is 13.1. The Morgan fingerprint density at radius 1 is 0.316 bits per heavy atom. The number of ether oxygens (including phenoxy) is 4. The van der Waals surface area contributed by atoms with Gasteiger partial charge in [-0.1, -0.05) is 149 Å². The Balaban J connectivity index is -0.0000000628. The smallest absolute Gasteiger partial charge is 0.367 e. The Kier molecular flexibility index (Phi) is 94.7. The van der Waals surface area contributed by atoms with E-state index >= 15 is 0 Å². The lowest BCUT2D eigenvalue weighted by Gasteiger charge is -2.20. The quantitative estimate of drug-likeness (QED) is 0.0104. The first-order valence-electron chi connectivity index (χ1n) is 28.5. The van der Waals surface area contributed by atoms with Crippen molar-refractivity contribution < 1.29 is 125 Å². The summed E-state index contributed by atoms with van der Waals surface area (Å²) in [6, 6.07) is 4.27. The Morgan fingerprint density at radius 2 is 0.480 bits per heavy atom. The molecule has 0 saturated heterocycles. The van der Waals surface area contributed by atoms with Gasteiger partial charge in [0.15, 0.2) is 66.7 Å². The van der Waals surface area contributed by atoms with Crippen molar-refractivity contribution in [2.75, 3.05) is 66.4 Å². The number of carbonyl (C=O) groups is 4. The molecule has 0 saturated carbocycles. The number of carbonyl (C=O) groups excluding carboxylic acids is 4. The fraction of sp³-hybridized carbons (Fsp3) is 0.871. The minimum absolute atomic E-state index is 0. The predicted octanol–water partition coefficient (Wildman–Crippen LogP) is 16.4. The van der Waals surface area contributed by atoms with Crippen LogP contribution in [0.3, 0.4) is 0 Å². The lowest BCUT2D eigenvalue weighted by atomic mass is 10.1. The molecule has 0 N–H and O–H groups in total. The highest BCUT2D eigenvalue weighted by atomic mass is 32.2. The van der Waals surface area contributed by atoms with Crippen LogP contribution in [0.1, 0.15) is 201 Å². The molecule has 0 unspecified atom stereocenters. The number of rotatable bonds is 46. The summed E-state index contributed by atoms with van der Waals surface area (Å²) >= 11 is 0. The Morgan fingerprint density at radius 3 is 0.653 bits per heavy atom. The van der Waals surface area contributed by atoms with Crippen molar-refractivity contribution in [3.05, 3.63) is 29.7 Å². The third kappa shape index (κ3) is 87.6. The van der Waals surface area contributed by atoms with Gasteiger partial charge >= 0.3 is 34.4 Å². The molecule has 0 spiro atoms. The van der Waals surface area contributed by atoms with E-state index in [0.717, 1.165) is 102 Å². The second kappa shape index (κ2) is 68.8. The number of hydrogen-bond donors (Lipinski definition) is 0. The maximum Gasteiger partial charge on any atom is 0.367 e. The van der Waals surface area contributed by atoms with Gasteiger partial charge in [0.2, 0.25) is 0 Å². The van der Waals surface area contributed by atoms with Crippen molar-refractivity contribution in [1.29, 1.82) is 0 Å². The van der Waals surface area contributed by atoms with Gasteiger partial charge in [0.1, 0.15) is 13.2 Å². The zero-order chi connectivity index (χ0) is 67.6. The zero-order valence-electron chi connectivity index (χ0n) is 56.6. The van der Waals surface area contributed by atoms with Gasteiger partial charge in [-0.15, -0.1) is 0 Å². The standard InChI is InChI=1S/C14H30O6SSi.C13H26F2O6SSi.C12H26O6SSi.C11H22F2O6SSi.8CH4.4CH3/c1-19-22(2,3)13-9-7-5-4-6-8-10-14(15)20-11-12-21(16,17)18;1-20-23(2,3)10-8-6-4-5-7-9-12(16)21-11-13(14,15)22(17,18)19;1-17-20(2,3)11-7-5-4-6-8-12(13)18-9-10-19(14,15)16;1-18-21(2,3)8-6-4-5-7-10(14)19-9-11(12,13)20(15,16)17;;;;;;;;;;;;/h4-13H2,1-3H3,(H,16,17,18);4-11H2,1-3H3,(H,17,18,19);4-11H2,1-3H3,(H,14,15,16);4-9H2,1-3H3,(H,15,16,17);8*1H4;4*1H3/q;;;;;;;;;;;;4*+1/p-4. The first kappa shape index (κ1) is 135. The molecule has 0 amide bonds. The van der Waals surface area contributed by atoms with E-state index in [1.54, 1.807) is 28.4 Å². The van der Waals surface area contributed by atoms with Gasteiger partial charge in [-0.25, -0.2) is 33.7 Å². The van der Waals surface area contributed by atoms with Crippen LogP contribution in [0.5, 0.6) is 0 Å². The van der Waals surface area contributed by atoms with Crippen LogP contribution in [0.2, 0.25) is 76.6 Å². The highest BCUT2D eigenvalue weighted by molar-refractivity contribution is 7.87. The van der Waals surface area contributed by atoms with E-state index in [9.17, 15) is 88.6 Å². The van der Waals surface area contributed by atoms with Crippen molar-refractivity contribution in [2.24, 2.45) is 0 Å². The number of hydrogen-bond acceptors (Lipinski definition) is 24. The largest absolute Gasteiger partial charge is 0.748 e. The Hall–Kier alpha value is -2.57. The molecule has 0 aromatic carbocycles. The molecule has 24 nitrogen and oxygen atoms in total. The van der Waals surface area contributed by atoms with Crippen LogP contribution >= 0.6 is 0 Å². The molecule has 0 radical (unpaired) electrons. The summed E-state index contributed by atoms with van der Waals surface area (Å²) < 4.78 is 213. The lowest BCUT2D eigenvalue weighted by Crippen LogP contribution is -2.34. The molecule has 0 bridgehead atoms. The number of esters is 4. The molecule has 0 aromatic rings. The molecular formula is C62H144F4O24S4Si4. The fourth-order valence-electron chi connectivity index (χ4n) is 6.73. The van der Waals surface area contributed by atoms with Gasteiger partial charge in [-0.3, -0.25) is 19.2 Å². The summed E-state index contributed by atoms with van der Waals surface area (Å²) in [4.78, 5) is 44.9. The topological polar surface area (TPSA) is 371 Å². The van der Waals surface area contributed by atoms with E-state index in [4.69, 9.17) is 17.7 Å². The molecule has 0 aliphatic rings. The van der Waals surface area contributed by atoms with E-state index in [0.29, 0.717) is 19.3 Å². The first-order valence-corrected chi connectivity index (χ1v) is 46.9.